The van der Waals surface area contributed by atoms with E-state index in [1.165, 1.54) is 24.1 Å². The van der Waals surface area contributed by atoms with Gasteiger partial charge < -0.3 is 15.0 Å². The molecule has 36 heavy (non-hydrogen) atoms. The molecule has 198 valence electrons. The molecule has 0 saturated heterocycles. The molecule has 2 amide bonds. The van der Waals surface area contributed by atoms with E-state index in [-0.39, 0.29) is 41.4 Å². The van der Waals surface area contributed by atoms with Gasteiger partial charge in [-0.15, -0.1) is 0 Å². The molecule has 0 bridgehead atoms. The highest BCUT2D eigenvalue weighted by Gasteiger charge is 2.33. The van der Waals surface area contributed by atoms with Crippen molar-refractivity contribution in [2.75, 3.05) is 24.2 Å². The van der Waals surface area contributed by atoms with Crippen LogP contribution >= 0.6 is 34.8 Å². The van der Waals surface area contributed by atoms with Crippen molar-refractivity contribution in [3.63, 3.8) is 0 Å². The van der Waals surface area contributed by atoms with E-state index in [0.717, 1.165) is 10.6 Å². The first-order valence-corrected chi connectivity index (χ1v) is 14.1. The zero-order valence-electron chi connectivity index (χ0n) is 20.7. The van der Waals surface area contributed by atoms with Crippen LogP contribution in [0.15, 0.2) is 36.4 Å². The third-order valence-corrected chi connectivity index (χ3v) is 7.37. The largest absolute Gasteiger partial charge is 0.495 e. The molecule has 0 aliphatic heterocycles. The maximum absolute atomic E-state index is 13.8. The van der Waals surface area contributed by atoms with Gasteiger partial charge in [0, 0.05) is 33.2 Å². The zero-order valence-corrected chi connectivity index (χ0v) is 23.8. The Balaban J connectivity index is 2.57. The fourth-order valence-corrected chi connectivity index (χ4v) is 5.13. The van der Waals surface area contributed by atoms with Crippen LogP contribution in [-0.2, 0) is 26.2 Å². The van der Waals surface area contributed by atoms with Crippen molar-refractivity contribution in [2.45, 2.75) is 45.8 Å². The minimum atomic E-state index is -3.96. The van der Waals surface area contributed by atoms with E-state index in [0.29, 0.717) is 15.6 Å². The minimum Gasteiger partial charge on any atom is -0.495 e. The van der Waals surface area contributed by atoms with Gasteiger partial charge in [-0.2, -0.15) is 0 Å². The van der Waals surface area contributed by atoms with Gasteiger partial charge in [-0.25, -0.2) is 8.42 Å². The Morgan fingerprint density at radius 3 is 2.19 bits per heavy atom. The highest BCUT2D eigenvalue weighted by Crippen LogP contribution is 2.33. The van der Waals surface area contributed by atoms with Gasteiger partial charge >= 0.3 is 0 Å². The molecule has 0 heterocycles. The standard InChI is InChI=1S/C24H30Cl3N3O5S/c1-6-20(24(32)28-15(2)3)29(13-17-18(26)8-7-9-19(17)27)23(31)14-30(36(5,33)34)21-12-16(25)10-11-22(21)35-4/h7-12,15,20H,6,13-14H2,1-5H3,(H,28,32)/t20-/m1/s1. The van der Waals surface area contributed by atoms with Crippen molar-refractivity contribution in [1.82, 2.24) is 10.2 Å². The summed E-state index contributed by atoms with van der Waals surface area (Å²) >= 11 is 18.8. The molecule has 0 aliphatic carbocycles. The molecule has 0 spiro atoms. The van der Waals surface area contributed by atoms with Crippen LogP contribution in [0, 0.1) is 0 Å². The predicted molar refractivity (Wildman–Crippen MR) is 145 cm³/mol. The summed E-state index contributed by atoms with van der Waals surface area (Å²) in [6.45, 7) is 4.65. The van der Waals surface area contributed by atoms with E-state index in [4.69, 9.17) is 39.5 Å². The number of methoxy groups -OCH3 is 1. The second-order valence-electron chi connectivity index (χ2n) is 8.39. The number of halogens is 3. The number of ether oxygens (including phenoxy) is 1. The van der Waals surface area contributed by atoms with E-state index in [2.05, 4.69) is 5.32 Å². The topological polar surface area (TPSA) is 96.0 Å². The lowest BCUT2D eigenvalue weighted by Crippen LogP contribution is -2.53. The maximum Gasteiger partial charge on any atom is 0.244 e. The van der Waals surface area contributed by atoms with Crippen LogP contribution in [0.1, 0.15) is 32.8 Å². The number of carbonyl (C=O) groups is 2. The Morgan fingerprint density at radius 2 is 1.69 bits per heavy atom. The van der Waals surface area contributed by atoms with Crippen molar-refractivity contribution in [3.05, 3.63) is 57.0 Å². The third-order valence-electron chi connectivity index (χ3n) is 5.30. The second kappa shape index (κ2) is 12.9. The first-order valence-electron chi connectivity index (χ1n) is 11.1. The number of anilines is 1. The van der Waals surface area contributed by atoms with Gasteiger partial charge in [-0.3, -0.25) is 13.9 Å². The maximum atomic E-state index is 13.8. The molecule has 0 aliphatic rings. The molecular weight excluding hydrogens is 549 g/mol. The van der Waals surface area contributed by atoms with E-state index >= 15 is 0 Å². The minimum absolute atomic E-state index is 0.0938. The molecule has 0 saturated carbocycles. The summed E-state index contributed by atoms with van der Waals surface area (Å²) in [6, 6.07) is 8.28. The van der Waals surface area contributed by atoms with Crippen molar-refractivity contribution in [3.8, 4) is 5.75 Å². The number of benzene rings is 2. The lowest BCUT2D eigenvalue weighted by Gasteiger charge is -2.33. The van der Waals surface area contributed by atoms with Gasteiger partial charge in [0.15, 0.2) is 0 Å². The monoisotopic (exact) mass is 577 g/mol. The summed E-state index contributed by atoms with van der Waals surface area (Å²) in [5, 5.41) is 3.71. The van der Waals surface area contributed by atoms with Crippen molar-refractivity contribution in [2.24, 2.45) is 0 Å². The molecule has 0 radical (unpaired) electrons. The lowest BCUT2D eigenvalue weighted by molar-refractivity contribution is -0.140. The summed E-state index contributed by atoms with van der Waals surface area (Å²) in [5.41, 5.74) is 0.535. The number of carbonyl (C=O) groups excluding carboxylic acids is 2. The van der Waals surface area contributed by atoms with Crippen LogP contribution < -0.4 is 14.4 Å². The zero-order chi connectivity index (χ0) is 27.2. The summed E-state index contributed by atoms with van der Waals surface area (Å²) < 4.78 is 31.8. The number of rotatable bonds is 11. The summed E-state index contributed by atoms with van der Waals surface area (Å²) in [4.78, 5) is 28.1. The highest BCUT2D eigenvalue weighted by molar-refractivity contribution is 7.92. The van der Waals surface area contributed by atoms with Crippen LogP contribution in [0.2, 0.25) is 15.1 Å². The smallest absolute Gasteiger partial charge is 0.244 e. The lowest BCUT2D eigenvalue weighted by atomic mass is 10.1. The van der Waals surface area contributed by atoms with Gasteiger partial charge in [0.25, 0.3) is 0 Å². The number of hydrogen-bond acceptors (Lipinski definition) is 5. The molecule has 8 nitrogen and oxygen atoms in total. The van der Waals surface area contributed by atoms with Crippen LogP contribution in [0.4, 0.5) is 5.69 Å². The van der Waals surface area contributed by atoms with Crippen LogP contribution in [0.25, 0.3) is 0 Å². The van der Waals surface area contributed by atoms with E-state index < -0.39 is 28.5 Å². The molecule has 12 heteroatoms. The average molecular weight is 579 g/mol. The van der Waals surface area contributed by atoms with E-state index in [9.17, 15) is 18.0 Å². The number of nitrogens with one attached hydrogen (secondary N) is 1. The molecule has 2 rings (SSSR count). The highest BCUT2D eigenvalue weighted by atomic mass is 35.5. The Labute approximate surface area is 227 Å². The van der Waals surface area contributed by atoms with Crippen molar-refractivity contribution >= 4 is 62.3 Å². The fraction of sp³-hybridized carbons (Fsp3) is 0.417. The first kappa shape index (κ1) is 30.0. The SMILES string of the molecule is CC[C@H](C(=O)NC(C)C)N(Cc1c(Cl)cccc1Cl)C(=O)CN(c1cc(Cl)ccc1OC)S(C)(=O)=O. The molecule has 0 fully saturated rings. The van der Waals surface area contributed by atoms with Crippen molar-refractivity contribution in [1.29, 1.82) is 0 Å². The summed E-state index contributed by atoms with van der Waals surface area (Å²) in [6.07, 6.45) is 1.24. The van der Waals surface area contributed by atoms with Gasteiger partial charge in [0.2, 0.25) is 21.8 Å². The number of nitrogens with zero attached hydrogens (tertiary/aromatic N) is 2. The molecule has 1 N–H and O–H groups in total. The Kier molecular flexibility index (Phi) is 10.7. The second-order valence-corrected chi connectivity index (χ2v) is 11.6. The number of hydrogen-bond donors (Lipinski definition) is 1. The molecule has 0 aromatic heterocycles. The molecule has 2 aromatic rings. The van der Waals surface area contributed by atoms with Crippen LogP contribution in [-0.4, -0.2) is 57.1 Å². The summed E-state index contributed by atoms with van der Waals surface area (Å²) in [5.74, 6) is -0.803. The number of sulfonamides is 1. The van der Waals surface area contributed by atoms with Gasteiger partial charge in [-0.1, -0.05) is 47.8 Å². The van der Waals surface area contributed by atoms with Crippen molar-refractivity contribution < 1.29 is 22.7 Å². The van der Waals surface area contributed by atoms with E-state index in [1.54, 1.807) is 45.0 Å². The van der Waals surface area contributed by atoms with Gasteiger partial charge in [-0.05, 0) is 50.6 Å². The molecular formula is C24H30Cl3N3O5S. The van der Waals surface area contributed by atoms with Gasteiger partial charge in [0.05, 0.1) is 19.1 Å². The third kappa shape index (κ3) is 7.65. The normalized spacial score (nSPS) is 12.2. The van der Waals surface area contributed by atoms with Crippen LogP contribution in [0.3, 0.4) is 0 Å². The average Bonchev–Trinajstić information content (AvgIpc) is 2.77. The molecule has 2 aromatic carbocycles. The Bertz CT molecular complexity index is 1190. The first-order chi connectivity index (χ1) is 16.8. The van der Waals surface area contributed by atoms with Crippen LogP contribution in [0.5, 0.6) is 5.75 Å². The summed E-state index contributed by atoms with van der Waals surface area (Å²) in [7, 11) is -2.58. The Morgan fingerprint density at radius 1 is 1.08 bits per heavy atom. The predicted octanol–water partition coefficient (Wildman–Crippen LogP) is 4.75. The fourth-order valence-electron chi connectivity index (χ4n) is 3.61. The number of amides is 2. The molecule has 1 atom stereocenters. The van der Waals surface area contributed by atoms with Gasteiger partial charge in [0.1, 0.15) is 18.3 Å². The molecule has 0 unspecified atom stereocenters. The van der Waals surface area contributed by atoms with E-state index in [1.807, 2.05) is 0 Å². The quantitative estimate of drug-likeness (QED) is 0.415. The Hall–Kier alpha value is -2.20.